The van der Waals surface area contributed by atoms with Crippen molar-refractivity contribution in [2.45, 2.75) is 64.7 Å². The lowest BCUT2D eigenvalue weighted by atomic mass is 9.95. The van der Waals surface area contributed by atoms with Gasteiger partial charge in [-0.1, -0.05) is 0 Å². The second-order valence-electron chi connectivity index (χ2n) is 7.71. The Morgan fingerprint density at radius 3 is 2.60 bits per heavy atom. The highest BCUT2D eigenvalue weighted by Gasteiger charge is 2.27. The van der Waals surface area contributed by atoms with Gasteiger partial charge in [-0.3, -0.25) is 9.36 Å². The third-order valence-corrected chi connectivity index (χ3v) is 5.19. The van der Waals surface area contributed by atoms with Crippen molar-refractivity contribution in [3.63, 3.8) is 0 Å². The second kappa shape index (κ2) is 9.59. The molecule has 1 amide bonds. The number of amides is 1. The molecule has 0 saturated heterocycles. The number of carbonyl (C=O) groups is 1. The standard InChI is InChI=1S/C21H29F2N3O4/c1-5-28-17-10-16(22)20-19(18(17)23)25-21(26(20)4)30-15-8-6-14(7-9-15)29-11-12(2)24-13(3)27/h10,12,14-15H,5-9,11H2,1-4H3,(H,24,27)/t12-,14-,15-/m0/s1. The van der Waals surface area contributed by atoms with Crippen molar-refractivity contribution in [1.29, 1.82) is 0 Å². The molecule has 1 aromatic carbocycles. The smallest absolute Gasteiger partial charge is 0.297 e. The van der Waals surface area contributed by atoms with E-state index in [0.717, 1.165) is 31.7 Å². The van der Waals surface area contributed by atoms with Crippen LogP contribution in [-0.4, -0.2) is 46.9 Å². The molecule has 3 rings (SSSR count). The molecule has 2 aromatic rings. The van der Waals surface area contributed by atoms with Gasteiger partial charge in [0.2, 0.25) is 5.91 Å². The summed E-state index contributed by atoms with van der Waals surface area (Å²) in [6.45, 7) is 5.77. The number of aromatic nitrogens is 2. The number of nitrogens with one attached hydrogen (secondary N) is 1. The largest absolute Gasteiger partial charge is 0.491 e. The Morgan fingerprint density at radius 2 is 1.97 bits per heavy atom. The Labute approximate surface area is 174 Å². The van der Waals surface area contributed by atoms with Crippen molar-refractivity contribution in [1.82, 2.24) is 14.9 Å². The number of aryl methyl sites for hydroxylation is 1. The zero-order valence-electron chi connectivity index (χ0n) is 17.8. The van der Waals surface area contributed by atoms with Crippen LogP contribution >= 0.6 is 0 Å². The van der Waals surface area contributed by atoms with Gasteiger partial charge in [0.25, 0.3) is 6.01 Å². The van der Waals surface area contributed by atoms with Crippen LogP contribution in [0.3, 0.4) is 0 Å². The minimum Gasteiger partial charge on any atom is -0.491 e. The van der Waals surface area contributed by atoms with E-state index >= 15 is 0 Å². The van der Waals surface area contributed by atoms with Crippen molar-refractivity contribution < 1.29 is 27.8 Å². The topological polar surface area (TPSA) is 74.6 Å². The number of imidazole rings is 1. The highest BCUT2D eigenvalue weighted by atomic mass is 19.1. The van der Waals surface area contributed by atoms with Gasteiger partial charge in [0.05, 0.1) is 19.3 Å². The molecular formula is C21H29F2N3O4. The van der Waals surface area contributed by atoms with E-state index in [1.807, 2.05) is 6.92 Å². The molecule has 1 aliphatic carbocycles. The minimum absolute atomic E-state index is 0.0390. The summed E-state index contributed by atoms with van der Waals surface area (Å²) in [5, 5.41) is 2.79. The average Bonchev–Trinajstić information content (AvgIpc) is 3.02. The molecule has 0 spiro atoms. The molecule has 7 nitrogen and oxygen atoms in total. The zero-order valence-corrected chi connectivity index (χ0v) is 17.8. The Morgan fingerprint density at radius 1 is 1.30 bits per heavy atom. The SMILES string of the molecule is CCOc1cc(F)c2c(nc(O[C@H]3CC[C@H](OC[C@H](C)NC(C)=O)CC3)n2C)c1F. The quantitative estimate of drug-likeness (QED) is 0.701. The Bertz CT molecular complexity index is 894. The number of fused-ring (bicyclic) bond motifs is 1. The lowest BCUT2D eigenvalue weighted by Crippen LogP contribution is -2.37. The summed E-state index contributed by atoms with van der Waals surface area (Å²) in [5.74, 6) is -1.53. The van der Waals surface area contributed by atoms with Crippen LogP contribution < -0.4 is 14.8 Å². The van der Waals surface area contributed by atoms with Crippen molar-refractivity contribution >= 4 is 16.9 Å². The van der Waals surface area contributed by atoms with Gasteiger partial charge in [0.15, 0.2) is 17.4 Å². The van der Waals surface area contributed by atoms with Gasteiger partial charge in [-0.05, 0) is 39.5 Å². The Hall–Kier alpha value is -2.42. The van der Waals surface area contributed by atoms with Crippen LogP contribution in [0, 0.1) is 11.6 Å². The molecule has 30 heavy (non-hydrogen) atoms. The van der Waals surface area contributed by atoms with Crippen LogP contribution in [0.25, 0.3) is 11.0 Å². The number of rotatable bonds is 8. The number of benzene rings is 1. The van der Waals surface area contributed by atoms with Gasteiger partial charge >= 0.3 is 0 Å². The van der Waals surface area contributed by atoms with E-state index in [1.165, 1.54) is 11.5 Å². The van der Waals surface area contributed by atoms with Gasteiger partial charge in [-0.2, -0.15) is 4.98 Å². The van der Waals surface area contributed by atoms with Gasteiger partial charge in [0.1, 0.15) is 17.1 Å². The first kappa shape index (κ1) is 22.3. The Kier molecular flexibility index (Phi) is 7.12. The normalized spacial score (nSPS) is 20.2. The van der Waals surface area contributed by atoms with E-state index in [-0.39, 0.29) is 53.6 Å². The molecule has 1 atom stereocenters. The predicted octanol–water partition coefficient (Wildman–Crippen LogP) is 3.48. The van der Waals surface area contributed by atoms with Crippen LogP contribution in [0.2, 0.25) is 0 Å². The molecule has 1 aliphatic rings. The molecule has 1 N–H and O–H groups in total. The lowest BCUT2D eigenvalue weighted by molar-refractivity contribution is -0.120. The molecule has 0 aliphatic heterocycles. The number of carbonyl (C=O) groups excluding carboxylic acids is 1. The van der Waals surface area contributed by atoms with Gasteiger partial charge in [-0.25, -0.2) is 8.78 Å². The fourth-order valence-electron chi connectivity index (χ4n) is 3.77. The summed E-state index contributed by atoms with van der Waals surface area (Å²) in [4.78, 5) is 15.3. The molecular weight excluding hydrogens is 396 g/mol. The molecule has 1 fully saturated rings. The van der Waals surface area contributed by atoms with Gasteiger partial charge in [-0.15, -0.1) is 0 Å². The van der Waals surface area contributed by atoms with E-state index in [0.29, 0.717) is 6.61 Å². The summed E-state index contributed by atoms with van der Waals surface area (Å²) in [7, 11) is 1.60. The lowest BCUT2D eigenvalue weighted by Gasteiger charge is -2.29. The molecule has 166 valence electrons. The maximum atomic E-state index is 14.6. The number of nitrogens with zero attached hydrogens (tertiary/aromatic N) is 2. The van der Waals surface area contributed by atoms with E-state index in [4.69, 9.17) is 14.2 Å². The van der Waals surface area contributed by atoms with Gasteiger partial charge < -0.3 is 19.5 Å². The van der Waals surface area contributed by atoms with Gasteiger partial charge in [0, 0.05) is 26.1 Å². The molecule has 9 heteroatoms. The summed E-state index contributed by atoms with van der Waals surface area (Å²) < 4.78 is 47.5. The maximum absolute atomic E-state index is 14.6. The third kappa shape index (κ3) is 5.00. The predicted molar refractivity (Wildman–Crippen MR) is 108 cm³/mol. The summed E-state index contributed by atoms with van der Waals surface area (Å²) >= 11 is 0. The maximum Gasteiger partial charge on any atom is 0.297 e. The van der Waals surface area contributed by atoms with Crippen LogP contribution in [0.4, 0.5) is 8.78 Å². The van der Waals surface area contributed by atoms with E-state index < -0.39 is 11.6 Å². The van der Waals surface area contributed by atoms with Crippen LogP contribution in [0.1, 0.15) is 46.5 Å². The van der Waals surface area contributed by atoms with E-state index in [1.54, 1.807) is 14.0 Å². The zero-order chi connectivity index (χ0) is 21.8. The summed E-state index contributed by atoms with van der Waals surface area (Å²) in [6.07, 6.45) is 3.10. The van der Waals surface area contributed by atoms with Crippen molar-refractivity contribution in [3.05, 3.63) is 17.7 Å². The fraction of sp³-hybridized carbons (Fsp3) is 0.619. The average molecular weight is 425 g/mol. The van der Waals surface area contributed by atoms with Crippen LogP contribution in [0.15, 0.2) is 6.07 Å². The number of ether oxygens (including phenoxy) is 3. The number of halogens is 2. The van der Waals surface area contributed by atoms with E-state index in [2.05, 4.69) is 10.3 Å². The van der Waals surface area contributed by atoms with Crippen molar-refractivity contribution in [2.75, 3.05) is 13.2 Å². The number of hydrogen-bond acceptors (Lipinski definition) is 5. The highest BCUT2D eigenvalue weighted by Crippen LogP contribution is 2.33. The highest BCUT2D eigenvalue weighted by molar-refractivity contribution is 5.80. The Balaban J connectivity index is 1.61. The van der Waals surface area contributed by atoms with Crippen LogP contribution in [-0.2, 0) is 16.6 Å². The molecule has 0 unspecified atom stereocenters. The first-order valence-corrected chi connectivity index (χ1v) is 10.3. The first-order chi connectivity index (χ1) is 14.3. The minimum atomic E-state index is -0.691. The number of hydrogen-bond donors (Lipinski definition) is 1. The summed E-state index contributed by atoms with van der Waals surface area (Å²) in [5.41, 5.74) is -0.0464. The van der Waals surface area contributed by atoms with E-state index in [9.17, 15) is 13.6 Å². The molecule has 0 bridgehead atoms. The third-order valence-electron chi connectivity index (χ3n) is 5.19. The molecule has 1 aromatic heterocycles. The van der Waals surface area contributed by atoms with Crippen molar-refractivity contribution in [2.24, 2.45) is 7.05 Å². The monoisotopic (exact) mass is 425 g/mol. The molecule has 0 radical (unpaired) electrons. The summed E-state index contributed by atoms with van der Waals surface area (Å²) in [6, 6.07) is 1.18. The fourth-order valence-corrected chi connectivity index (χ4v) is 3.77. The molecule has 1 saturated carbocycles. The van der Waals surface area contributed by atoms with Crippen molar-refractivity contribution in [3.8, 4) is 11.8 Å². The van der Waals surface area contributed by atoms with Crippen LogP contribution in [0.5, 0.6) is 11.8 Å². The molecule has 1 heterocycles. The second-order valence-corrected chi connectivity index (χ2v) is 7.71. The first-order valence-electron chi connectivity index (χ1n) is 10.3.